The molecule has 1 atom stereocenters. The predicted octanol–water partition coefficient (Wildman–Crippen LogP) is 0.689. The van der Waals surface area contributed by atoms with Gasteiger partial charge in [0.15, 0.2) is 11.5 Å². The highest BCUT2D eigenvalue weighted by Gasteiger charge is 2.32. The third-order valence-electron chi connectivity index (χ3n) is 5.06. The number of rotatable bonds is 6. The van der Waals surface area contributed by atoms with Crippen LogP contribution in [0.5, 0.6) is 11.5 Å². The molecule has 0 aliphatic carbocycles. The van der Waals surface area contributed by atoms with Crippen molar-refractivity contribution < 1.29 is 28.6 Å². The van der Waals surface area contributed by atoms with Crippen molar-refractivity contribution in [2.24, 2.45) is 0 Å². The van der Waals surface area contributed by atoms with E-state index in [0.29, 0.717) is 43.2 Å². The molecule has 2 aliphatic heterocycles. The molecule has 4 rings (SSSR count). The summed E-state index contributed by atoms with van der Waals surface area (Å²) in [5.41, 5.74) is 1.50. The van der Waals surface area contributed by atoms with E-state index in [0.717, 1.165) is 5.56 Å². The van der Waals surface area contributed by atoms with Gasteiger partial charge < -0.3 is 29.7 Å². The van der Waals surface area contributed by atoms with E-state index in [-0.39, 0.29) is 19.2 Å². The van der Waals surface area contributed by atoms with Crippen LogP contribution in [-0.2, 0) is 20.7 Å². The summed E-state index contributed by atoms with van der Waals surface area (Å²) in [6.45, 7) is 1.23. The molecular weight excluding hydrogens is 402 g/mol. The molecule has 1 saturated heterocycles. The van der Waals surface area contributed by atoms with Gasteiger partial charge in [0.25, 0.3) is 5.91 Å². The molecule has 1 fully saturated rings. The van der Waals surface area contributed by atoms with Crippen LogP contribution in [0, 0.1) is 0 Å². The Morgan fingerprint density at radius 2 is 1.74 bits per heavy atom. The zero-order valence-corrected chi connectivity index (χ0v) is 16.8. The zero-order chi connectivity index (χ0) is 21.6. The second-order valence-electron chi connectivity index (χ2n) is 7.09. The van der Waals surface area contributed by atoms with Gasteiger partial charge in [-0.15, -0.1) is 0 Å². The number of benzene rings is 2. The van der Waals surface area contributed by atoms with Gasteiger partial charge in [0.2, 0.25) is 6.79 Å². The molecule has 162 valence electrons. The Kier molecular flexibility index (Phi) is 6.32. The van der Waals surface area contributed by atoms with E-state index >= 15 is 0 Å². The highest BCUT2D eigenvalue weighted by molar-refractivity contribution is 6.35. The number of carbonyl (C=O) groups is 3. The van der Waals surface area contributed by atoms with E-state index in [1.807, 2.05) is 30.3 Å². The van der Waals surface area contributed by atoms with Gasteiger partial charge in [0, 0.05) is 18.7 Å². The first-order valence-electron chi connectivity index (χ1n) is 10.0. The Bertz CT molecular complexity index is 965. The molecule has 0 spiro atoms. The van der Waals surface area contributed by atoms with Gasteiger partial charge in [-0.25, -0.2) is 0 Å². The van der Waals surface area contributed by atoms with Crippen LogP contribution in [0.15, 0.2) is 48.5 Å². The maximum atomic E-state index is 12.9. The molecular formula is C22H23N3O6. The Labute approximate surface area is 179 Å². The van der Waals surface area contributed by atoms with Crippen LogP contribution in [0.2, 0.25) is 0 Å². The zero-order valence-electron chi connectivity index (χ0n) is 16.8. The fraction of sp³-hybridized carbons (Fsp3) is 0.318. The SMILES string of the molecule is O=C(NCCc1ccccc1)C(=O)NC[C@@H]1OCCN1C(=O)c1ccc2c(c1)OCO2. The van der Waals surface area contributed by atoms with Crippen LogP contribution >= 0.6 is 0 Å². The molecule has 31 heavy (non-hydrogen) atoms. The van der Waals surface area contributed by atoms with Crippen molar-refractivity contribution in [2.45, 2.75) is 12.6 Å². The van der Waals surface area contributed by atoms with Crippen LogP contribution in [0.4, 0.5) is 0 Å². The maximum absolute atomic E-state index is 12.9. The second-order valence-corrected chi connectivity index (χ2v) is 7.09. The lowest BCUT2D eigenvalue weighted by Gasteiger charge is -2.23. The van der Waals surface area contributed by atoms with Crippen molar-refractivity contribution in [1.29, 1.82) is 0 Å². The van der Waals surface area contributed by atoms with Crippen LogP contribution in [0.1, 0.15) is 15.9 Å². The molecule has 0 unspecified atom stereocenters. The van der Waals surface area contributed by atoms with Gasteiger partial charge >= 0.3 is 11.8 Å². The minimum atomic E-state index is -0.765. The molecule has 9 nitrogen and oxygen atoms in total. The van der Waals surface area contributed by atoms with Crippen molar-refractivity contribution in [1.82, 2.24) is 15.5 Å². The van der Waals surface area contributed by atoms with Gasteiger partial charge in [0.1, 0.15) is 6.23 Å². The number of carbonyl (C=O) groups excluding carboxylic acids is 3. The van der Waals surface area contributed by atoms with E-state index in [4.69, 9.17) is 14.2 Å². The molecule has 2 N–H and O–H groups in total. The van der Waals surface area contributed by atoms with Crippen molar-refractivity contribution in [2.75, 3.05) is 33.0 Å². The predicted molar refractivity (Wildman–Crippen MR) is 110 cm³/mol. The summed E-state index contributed by atoms with van der Waals surface area (Å²) in [7, 11) is 0. The second kappa shape index (κ2) is 9.48. The van der Waals surface area contributed by atoms with Crippen molar-refractivity contribution >= 4 is 17.7 Å². The largest absolute Gasteiger partial charge is 0.454 e. The van der Waals surface area contributed by atoms with Gasteiger partial charge in [-0.2, -0.15) is 0 Å². The number of amides is 3. The average Bonchev–Trinajstić information content (AvgIpc) is 3.46. The first-order chi connectivity index (χ1) is 15.1. The van der Waals surface area contributed by atoms with Crippen LogP contribution in [0.3, 0.4) is 0 Å². The highest BCUT2D eigenvalue weighted by Crippen LogP contribution is 2.33. The topological polar surface area (TPSA) is 106 Å². The summed E-state index contributed by atoms with van der Waals surface area (Å²) in [6.07, 6.45) is -0.0253. The number of fused-ring (bicyclic) bond motifs is 1. The molecule has 0 bridgehead atoms. The van der Waals surface area contributed by atoms with Crippen LogP contribution in [0.25, 0.3) is 0 Å². The first kappa shape index (κ1) is 20.7. The lowest BCUT2D eigenvalue weighted by molar-refractivity contribution is -0.139. The third kappa shape index (κ3) is 4.95. The summed E-state index contributed by atoms with van der Waals surface area (Å²) in [6, 6.07) is 14.6. The molecule has 0 radical (unpaired) electrons. The normalized spacial score (nSPS) is 16.8. The molecule has 2 aromatic rings. The van der Waals surface area contributed by atoms with Crippen molar-refractivity contribution in [3.05, 3.63) is 59.7 Å². The Morgan fingerprint density at radius 3 is 2.58 bits per heavy atom. The minimum absolute atomic E-state index is 0.0151. The summed E-state index contributed by atoms with van der Waals surface area (Å²) in [5.74, 6) is -0.622. The van der Waals surface area contributed by atoms with Gasteiger partial charge in [0.05, 0.1) is 13.2 Å². The lowest BCUT2D eigenvalue weighted by Crippen LogP contribution is -2.47. The summed E-state index contributed by atoms with van der Waals surface area (Å²) >= 11 is 0. The Balaban J connectivity index is 1.26. The molecule has 0 aromatic heterocycles. The number of hydrogen-bond donors (Lipinski definition) is 2. The molecule has 9 heteroatoms. The van der Waals surface area contributed by atoms with Crippen LogP contribution in [-0.4, -0.2) is 61.9 Å². The number of nitrogens with zero attached hydrogens (tertiary/aromatic N) is 1. The smallest absolute Gasteiger partial charge is 0.309 e. The van der Waals surface area contributed by atoms with E-state index in [2.05, 4.69) is 10.6 Å². The Hall–Kier alpha value is -3.59. The summed E-state index contributed by atoms with van der Waals surface area (Å²) in [5, 5.41) is 5.13. The molecule has 2 heterocycles. The van der Waals surface area contributed by atoms with E-state index in [1.54, 1.807) is 18.2 Å². The fourth-order valence-corrected chi connectivity index (χ4v) is 3.42. The number of ether oxygens (including phenoxy) is 3. The average molecular weight is 425 g/mol. The van der Waals surface area contributed by atoms with Crippen molar-refractivity contribution in [3.63, 3.8) is 0 Å². The quantitative estimate of drug-likeness (QED) is 0.660. The molecule has 2 aliphatic rings. The standard InChI is InChI=1S/C22H23N3O6/c26-20(23-9-8-15-4-2-1-3-5-15)21(27)24-13-19-25(10-11-29-19)22(28)16-6-7-17-18(12-16)31-14-30-17/h1-7,12,19H,8-11,13-14H2,(H,23,26)(H,24,27)/t19-/m0/s1. The first-order valence-corrected chi connectivity index (χ1v) is 10.0. The maximum Gasteiger partial charge on any atom is 0.309 e. The molecule has 2 aromatic carbocycles. The Morgan fingerprint density at radius 1 is 0.968 bits per heavy atom. The monoisotopic (exact) mass is 425 g/mol. The number of nitrogens with one attached hydrogen (secondary N) is 2. The third-order valence-corrected chi connectivity index (χ3v) is 5.06. The van der Waals surface area contributed by atoms with E-state index in [1.165, 1.54) is 4.90 Å². The lowest BCUT2D eigenvalue weighted by atomic mass is 10.1. The molecule has 0 saturated carbocycles. The molecule has 3 amide bonds. The highest BCUT2D eigenvalue weighted by atomic mass is 16.7. The van der Waals surface area contributed by atoms with Gasteiger partial charge in [-0.3, -0.25) is 14.4 Å². The van der Waals surface area contributed by atoms with Crippen LogP contribution < -0.4 is 20.1 Å². The summed E-state index contributed by atoms with van der Waals surface area (Å²) in [4.78, 5) is 38.5. The van der Waals surface area contributed by atoms with Crippen molar-refractivity contribution in [3.8, 4) is 11.5 Å². The minimum Gasteiger partial charge on any atom is -0.454 e. The van der Waals surface area contributed by atoms with E-state index < -0.39 is 18.0 Å². The van der Waals surface area contributed by atoms with Gasteiger partial charge in [-0.1, -0.05) is 30.3 Å². The van der Waals surface area contributed by atoms with E-state index in [9.17, 15) is 14.4 Å². The number of hydrogen-bond acceptors (Lipinski definition) is 6. The summed E-state index contributed by atoms with van der Waals surface area (Å²) < 4.78 is 16.2. The van der Waals surface area contributed by atoms with Gasteiger partial charge in [-0.05, 0) is 30.2 Å². The fourth-order valence-electron chi connectivity index (χ4n) is 3.42.